The first kappa shape index (κ1) is 13.0. The first-order valence-corrected chi connectivity index (χ1v) is 7.33. The van der Waals surface area contributed by atoms with Gasteiger partial charge in [-0.1, -0.05) is 31.9 Å². The Labute approximate surface area is 116 Å². The van der Waals surface area contributed by atoms with Crippen LogP contribution < -0.4 is 0 Å². The van der Waals surface area contributed by atoms with Gasteiger partial charge in [-0.3, -0.25) is 4.79 Å². The van der Waals surface area contributed by atoms with Crippen molar-refractivity contribution in [2.24, 2.45) is 5.92 Å². The molecule has 1 aliphatic rings. The summed E-state index contributed by atoms with van der Waals surface area (Å²) in [6, 6.07) is 4.45. The molecule has 92 valence electrons. The van der Waals surface area contributed by atoms with Gasteiger partial charge in [0.05, 0.1) is 5.56 Å². The van der Waals surface area contributed by atoms with Crippen molar-refractivity contribution < 1.29 is 9.18 Å². The molecule has 2 nitrogen and oxygen atoms in total. The standard InChI is InChI=1S/C12H12Br2FNO/c13-6-8-3-4-16(7-8)12(17)10-5-9(14)1-2-11(10)15/h1-2,5,8H,3-4,6-7H2. The molecule has 2 rings (SSSR count). The molecule has 1 atom stereocenters. The van der Waals surface area contributed by atoms with Crippen molar-refractivity contribution in [3.63, 3.8) is 0 Å². The number of rotatable bonds is 2. The summed E-state index contributed by atoms with van der Waals surface area (Å²) in [6.07, 6.45) is 0.979. The Morgan fingerprint density at radius 3 is 2.94 bits per heavy atom. The van der Waals surface area contributed by atoms with Crippen LogP contribution in [0.5, 0.6) is 0 Å². The number of alkyl halides is 1. The van der Waals surface area contributed by atoms with Gasteiger partial charge in [0.1, 0.15) is 5.82 Å². The van der Waals surface area contributed by atoms with Crippen LogP contribution in [0.2, 0.25) is 0 Å². The van der Waals surface area contributed by atoms with E-state index in [1.807, 2.05) is 0 Å². The summed E-state index contributed by atoms with van der Waals surface area (Å²) < 4.78 is 14.3. The minimum atomic E-state index is -0.458. The Kier molecular flexibility index (Phi) is 4.20. The molecule has 0 bridgehead atoms. The maximum atomic E-state index is 13.6. The summed E-state index contributed by atoms with van der Waals surface area (Å²) in [4.78, 5) is 13.9. The van der Waals surface area contributed by atoms with E-state index in [1.165, 1.54) is 6.07 Å². The van der Waals surface area contributed by atoms with Gasteiger partial charge >= 0.3 is 0 Å². The molecule has 5 heteroatoms. The molecule has 1 aliphatic heterocycles. The minimum absolute atomic E-state index is 0.148. The molecule has 0 spiro atoms. The van der Waals surface area contributed by atoms with E-state index in [0.717, 1.165) is 16.2 Å². The van der Waals surface area contributed by atoms with Gasteiger partial charge in [0.25, 0.3) is 5.91 Å². The van der Waals surface area contributed by atoms with Gasteiger partial charge < -0.3 is 4.90 Å². The van der Waals surface area contributed by atoms with Gasteiger partial charge in [-0.2, -0.15) is 0 Å². The fourth-order valence-electron chi connectivity index (χ4n) is 1.97. The zero-order valence-electron chi connectivity index (χ0n) is 9.13. The lowest BCUT2D eigenvalue weighted by Crippen LogP contribution is -2.29. The minimum Gasteiger partial charge on any atom is -0.338 e. The number of carbonyl (C=O) groups is 1. The molecule has 1 amide bonds. The predicted molar refractivity (Wildman–Crippen MR) is 71.9 cm³/mol. The number of benzene rings is 1. The van der Waals surface area contributed by atoms with Gasteiger partial charge in [0, 0.05) is 22.9 Å². The fourth-order valence-corrected chi connectivity index (χ4v) is 2.86. The molecule has 1 heterocycles. The van der Waals surface area contributed by atoms with Gasteiger partial charge in [-0.15, -0.1) is 0 Å². The van der Waals surface area contributed by atoms with Crippen LogP contribution in [0.3, 0.4) is 0 Å². The normalized spacial score (nSPS) is 19.7. The van der Waals surface area contributed by atoms with Crippen molar-refractivity contribution in [1.29, 1.82) is 0 Å². The lowest BCUT2D eigenvalue weighted by atomic mass is 10.1. The quantitative estimate of drug-likeness (QED) is 0.736. The first-order chi connectivity index (χ1) is 8.11. The molecule has 1 unspecified atom stereocenters. The smallest absolute Gasteiger partial charge is 0.256 e. The average molecular weight is 365 g/mol. The molecule has 0 radical (unpaired) electrons. The molecule has 0 aliphatic carbocycles. The second kappa shape index (κ2) is 5.48. The summed E-state index contributed by atoms with van der Waals surface area (Å²) in [5.74, 6) is -0.193. The second-order valence-corrected chi connectivity index (χ2v) is 5.75. The molecule has 1 aromatic carbocycles. The van der Waals surface area contributed by atoms with Crippen LogP contribution >= 0.6 is 31.9 Å². The zero-order valence-corrected chi connectivity index (χ0v) is 12.3. The Morgan fingerprint density at radius 1 is 1.53 bits per heavy atom. The highest BCUT2D eigenvalue weighted by Gasteiger charge is 2.27. The third-order valence-electron chi connectivity index (χ3n) is 2.95. The molecule has 1 aromatic rings. The molecule has 0 saturated carbocycles. The third-order valence-corrected chi connectivity index (χ3v) is 4.36. The highest BCUT2D eigenvalue weighted by molar-refractivity contribution is 9.10. The van der Waals surface area contributed by atoms with E-state index in [2.05, 4.69) is 31.9 Å². The Balaban J connectivity index is 2.17. The predicted octanol–water partition coefficient (Wildman–Crippen LogP) is 3.45. The Hall–Kier alpha value is -0.420. The number of likely N-dealkylation sites (tertiary alicyclic amines) is 1. The van der Waals surface area contributed by atoms with Gasteiger partial charge in [0.2, 0.25) is 0 Å². The van der Waals surface area contributed by atoms with E-state index in [0.29, 0.717) is 19.0 Å². The van der Waals surface area contributed by atoms with Crippen LogP contribution in [0.1, 0.15) is 16.8 Å². The van der Waals surface area contributed by atoms with Gasteiger partial charge in [-0.25, -0.2) is 4.39 Å². The number of hydrogen-bond acceptors (Lipinski definition) is 1. The van der Waals surface area contributed by atoms with Crippen LogP contribution in [0.25, 0.3) is 0 Å². The second-order valence-electron chi connectivity index (χ2n) is 4.18. The monoisotopic (exact) mass is 363 g/mol. The van der Waals surface area contributed by atoms with E-state index in [4.69, 9.17) is 0 Å². The zero-order chi connectivity index (χ0) is 12.4. The van der Waals surface area contributed by atoms with Crippen LogP contribution in [0.15, 0.2) is 22.7 Å². The summed E-state index contributed by atoms with van der Waals surface area (Å²) >= 11 is 6.67. The maximum absolute atomic E-state index is 13.6. The molecule has 0 N–H and O–H groups in total. The van der Waals surface area contributed by atoms with Gasteiger partial charge in [-0.05, 0) is 30.5 Å². The fraction of sp³-hybridized carbons (Fsp3) is 0.417. The number of halogens is 3. The van der Waals surface area contributed by atoms with E-state index in [9.17, 15) is 9.18 Å². The summed E-state index contributed by atoms with van der Waals surface area (Å²) in [5.41, 5.74) is 0.148. The van der Waals surface area contributed by atoms with E-state index in [1.54, 1.807) is 17.0 Å². The SMILES string of the molecule is O=C(c1cc(Br)ccc1F)N1CCC(CBr)C1. The summed E-state index contributed by atoms with van der Waals surface area (Å²) in [5, 5.41) is 0.887. The molecule has 17 heavy (non-hydrogen) atoms. The maximum Gasteiger partial charge on any atom is 0.256 e. The van der Waals surface area contributed by atoms with Gasteiger partial charge in [0.15, 0.2) is 0 Å². The molecule has 1 fully saturated rings. The van der Waals surface area contributed by atoms with Crippen molar-refractivity contribution in [1.82, 2.24) is 4.90 Å². The highest BCUT2D eigenvalue weighted by atomic mass is 79.9. The first-order valence-electron chi connectivity index (χ1n) is 5.42. The summed E-state index contributed by atoms with van der Waals surface area (Å²) in [6.45, 7) is 1.41. The Bertz CT molecular complexity index is 439. The van der Waals surface area contributed by atoms with Crippen LogP contribution in [0, 0.1) is 11.7 Å². The van der Waals surface area contributed by atoms with E-state index < -0.39 is 5.82 Å². The number of hydrogen-bond donors (Lipinski definition) is 0. The van der Waals surface area contributed by atoms with E-state index >= 15 is 0 Å². The van der Waals surface area contributed by atoms with Crippen molar-refractivity contribution in [2.75, 3.05) is 18.4 Å². The summed E-state index contributed by atoms with van der Waals surface area (Å²) in [7, 11) is 0. The topological polar surface area (TPSA) is 20.3 Å². The lowest BCUT2D eigenvalue weighted by Gasteiger charge is -2.16. The Morgan fingerprint density at radius 2 is 2.29 bits per heavy atom. The number of nitrogens with zero attached hydrogens (tertiary/aromatic N) is 1. The highest BCUT2D eigenvalue weighted by Crippen LogP contribution is 2.23. The van der Waals surface area contributed by atoms with Crippen molar-refractivity contribution in [3.8, 4) is 0 Å². The van der Waals surface area contributed by atoms with Crippen molar-refractivity contribution in [3.05, 3.63) is 34.1 Å². The average Bonchev–Trinajstić information content (AvgIpc) is 2.80. The van der Waals surface area contributed by atoms with Crippen LogP contribution in [-0.4, -0.2) is 29.2 Å². The van der Waals surface area contributed by atoms with Crippen molar-refractivity contribution >= 4 is 37.8 Å². The lowest BCUT2D eigenvalue weighted by molar-refractivity contribution is 0.0783. The molecular formula is C12H12Br2FNO. The third kappa shape index (κ3) is 2.88. The van der Waals surface area contributed by atoms with Crippen LogP contribution in [-0.2, 0) is 0 Å². The molecule has 0 aromatic heterocycles. The number of amides is 1. The largest absolute Gasteiger partial charge is 0.338 e. The van der Waals surface area contributed by atoms with Crippen LogP contribution in [0.4, 0.5) is 4.39 Å². The number of carbonyl (C=O) groups excluding carboxylic acids is 1. The molecule has 1 saturated heterocycles. The molecular weight excluding hydrogens is 353 g/mol. The van der Waals surface area contributed by atoms with E-state index in [-0.39, 0.29) is 11.5 Å². The van der Waals surface area contributed by atoms with Crippen molar-refractivity contribution in [2.45, 2.75) is 6.42 Å².